The van der Waals surface area contributed by atoms with Gasteiger partial charge in [0.1, 0.15) is 34.2 Å². The van der Waals surface area contributed by atoms with E-state index in [9.17, 15) is 9.59 Å². The second kappa shape index (κ2) is 14.8. The highest BCUT2D eigenvalue weighted by molar-refractivity contribution is 6.31. The Morgan fingerprint density at radius 2 is 1.28 bits per heavy atom. The maximum atomic E-state index is 13.8. The molecule has 5 atom stereocenters. The van der Waals surface area contributed by atoms with Gasteiger partial charge in [0.05, 0.1) is 0 Å². The van der Waals surface area contributed by atoms with Gasteiger partial charge < -0.3 is 18.9 Å². The predicted molar refractivity (Wildman–Crippen MR) is 198 cm³/mol. The molecule has 0 N–H and O–H groups in total. The van der Waals surface area contributed by atoms with Crippen molar-refractivity contribution < 1.29 is 28.5 Å². The zero-order valence-electron chi connectivity index (χ0n) is 31.9. The van der Waals surface area contributed by atoms with Gasteiger partial charge in [-0.15, -0.1) is 0 Å². The van der Waals surface area contributed by atoms with Crippen LogP contribution in [0.15, 0.2) is 35.9 Å². The minimum atomic E-state index is -1.01. The van der Waals surface area contributed by atoms with Gasteiger partial charge in [-0.25, -0.2) is 9.59 Å². The third-order valence-electron chi connectivity index (χ3n) is 12.1. The molecule has 2 aliphatic heterocycles. The number of allylic oxidation sites excluding steroid dienone is 2. The molecular weight excluding hydrogens is 624 g/mol. The first-order valence-electron chi connectivity index (χ1n) is 19.6. The lowest BCUT2D eigenvalue weighted by molar-refractivity contribution is -0.156. The van der Waals surface area contributed by atoms with Gasteiger partial charge in [0.15, 0.2) is 0 Å². The molecule has 6 heteroatoms. The van der Waals surface area contributed by atoms with E-state index in [1.807, 2.05) is 12.1 Å². The molecule has 0 bridgehead atoms. The third kappa shape index (κ3) is 7.51. The molecule has 50 heavy (non-hydrogen) atoms. The van der Waals surface area contributed by atoms with Crippen molar-refractivity contribution in [2.45, 2.75) is 162 Å². The fourth-order valence-corrected chi connectivity index (χ4v) is 9.46. The highest BCUT2D eigenvalue weighted by atomic mass is 16.6. The van der Waals surface area contributed by atoms with E-state index in [4.69, 9.17) is 18.9 Å². The van der Waals surface area contributed by atoms with Crippen LogP contribution in [-0.4, -0.2) is 23.1 Å². The van der Waals surface area contributed by atoms with Gasteiger partial charge in [0.25, 0.3) is 0 Å². The zero-order chi connectivity index (χ0) is 35.8. The quantitative estimate of drug-likeness (QED) is 0.0815. The number of aryl methyl sites for hydroxylation is 2. The van der Waals surface area contributed by atoms with Gasteiger partial charge >= 0.3 is 11.9 Å². The summed E-state index contributed by atoms with van der Waals surface area (Å²) < 4.78 is 25.6. The number of ether oxygens (including phenoxy) is 4. The SMILES string of the molecule is CCCCCc1cc(OC(=O)C(=O)Oc2cc(CCCCC)cc3c2[C@@H]2C[C@@H](C)CC[C@H]2C(C)(C)O3)c2c(c1)OC(C)(C)[C@@H]1CCC(C)=C[C@@H]21. The van der Waals surface area contributed by atoms with Crippen LogP contribution in [0.3, 0.4) is 0 Å². The van der Waals surface area contributed by atoms with Crippen LogP contribution >= 0.6 is 0 Å². The lowest BCUT2D eigenvalue weighted by atomic mass is 9.64. The van der Waals surface area contributed by atoms with Crippen LogP contribution in [0.2, 0.25) is 0 Å². The Hall–Kier alpha value is -3.28. The summed E-state index contributed by atoms with van der Waals surface area (Å²) in [6, 6.07) is 8.20. The van der Waals surface area contributed by atoms with Crippen LogP contribution in [0.4, 0.5) is 0 Å². The van der Waals surface area contributed by atoms with Crippen LogP contribution in [0, 0.1) is 17.8 Å². The van der Waals surface area contributed by atoms with E-state index >= 15 is 0 Å². The topological polar surface area (TPSA) is 71.1 Å². The van der Waals surface area contributed by atoms with Crippen molar-refractivity contribution >= 4 is 11.9 Å². The van der Waals surface area contributed by atoms with Crippen molar-refractivity contribution in [2.75, 3.05) is 0 Å². The number of fused-ring (bicyclic) bond motifs is 6. The molecule has 0 spiro atoms. The third-order valence-corrected chi connectivity index (χ3v) is 12.1. The molecule has 6 rings (SSSR count). The molecule has 0 saturated heterocycles. The molecule has 2 heterocycles. The Morgan fingerprint density at radius 1 is 0.740 bits per heavy atom. The Labute approximate surface area is 300 Å². The van der Waals surface area contributed by atoms with Gasteiger partial charge in [-0.05, 0) is 133 Å². The Morgan fingerprint density at radius 3 is 1.86 bits per heavy atom. The molecule has 4 aliphatic rings. The van der Waals surface area contributed by atoms with E-state index in [1.54, 1.807) is 0 Å². The summed E-state index contributed by atoms with van der Waals surface area (Å²) in [5, 5.41) is 0. The summed E-state index contributed by atoms with van der Waals surface area (Å²) in [4.78, 5) is 27.7. The average molecular weight is 685 g/mol. The van der Waals surface area contributed by atoms with Crippen LogP contribution in [0.1, 0.15) is 160 Å². The first-order valence-corrected chi connectivity index (χ1v) is 19.6. The number of hydrogen-bond acceptors (Lipinski definition) is 6. The molecular formula is C44H60O6. The molecule has 0 aromatic heterocycles. The Balaban J connectivity index is 1.34. The number of rotatable bonds is 10. The fourth-order valence-electron chi connectivity index (χ4n) is 9.46. The zero-order valence-corrected chi connectivity index (χ0v) is 31.9. The maximum absolute atomic E-state index is 13.8. The lowest BCUT2D eigenvalue weighted by Crippen LogP contribution is -2.47. The van der Waals surface area contributed by atoms with Crippen molar-refractivity contribution in [3.05, 3.63) is 58.2 Å². The number of carbonyl (C=O) groups excluding carboxylic acids is 2. The Bertz CT molecular complexity index is 1610. The second-order valence-electron chi connectivity index (χ2n) is 16.9. The van der Waals surface area contributed by atoms with Crippen LogP contribution in [0.5, 0.6) is 23.0 Å². The summed E-state index contributed by atoms with van der Waals surface area (Å²) in [6.45, 7) is 17.5. The van der Waals surface area contributed by atoms with Crippen LogP contribution in [-0.2, 0) is 22.4 Å². The highest BCUT2D eigenvalue weighted by Crippen LogP contribution is 2.56. The fraction of sp³-hybridized carbons (Fsp3) is 0.636. The molecule has 2 aromatic carbocycles. The van der Waals surface area contributed by atoms with E-state index in [0.717, 1.165) is 117 Å². The smallest absolute Gasteiger partial charge is 0.423 e. The summed E-state index contributed by atoms with van der Waals surface area (Å²) in [7, 11) is 0. The van der Waals surface area contributed by atoms with E-state index in [2.05, 4.69) is 73.6 Å². The number of hydrogen-bond donors (Lipinski definition) is 0. The molecule has 0 amide bonds. The molecule has 0 radical (unpaired) electrons. The van der Waals surface area contributed by atoms with Gasteiger partial charge in [-0.1, -0.05) is 64.5 Å². The molecule has 2 aromatic rings. The largest absolute Gasteiger partial charge is 0.487 e. The summed E-state index contributed by atoms with van der Waals surface area (Å²) in [6.07, 6.45) is 15.7. The van der Waals surface area contributed by atoms with E-state index in [1.165, 1.54) is 5.57 Å². The molecule has 6 nitrogen and oxygen atoms in total. The summed E-state index contributed by atoms with van der Waals surface area (Å²) in [5.74, 6) is 1.68. The number of unbranched alkanes of at least 4 members (excludes halogenated alkanes) is 4. The van der Waals surface area contributed by atoms with Gasteiger partial charge in [-0.2, -0.15) is 0 Å². The van der Waals surface area contributed by atoms with E-state index < -0.39 is 11.9 Å². The average Bonchev–Trinajstić information content (AvgIpc) is 3.03. The first-order chi connectivity index (χ1) is 23.8. The maximum Gasteiger partial charge on any atom is 0.423 e. The van der Waals surface area contributed by atoms with Crippen molar-refractivity contribution in [1.29, 1.82) is 0 Å². The van der Waals surface area contributed by atoms with Gasteiger partial charge in [0.2, 0.25) is 0 Å². The summed E-state index contributed by atoms with van der Waals surface area (Å²) >= 11 is 0. The minimum Gasteiger partial charge on any atom is -0.487 e. The predicted octanol–water partition coefficient (Wildman–Crippen LogP) is 11.0. The van der Waals surface area contributed by atoms with Crippen molar-refractivity contribution in [3.63, 3.8) is 0 Å². The molecule has 1 fully saturated rings. The highest BCUT2D eigenvalue weighted by Gasteiger charge is 2.48. The van der Waals surface area contributed by atoms with Crippen molar-refractivity contribution in [3.8, 4) is 23.0 Å². The number of benzene rings is 2. The van der Waals surface area contributed by atoms with Crippen LogP contribution in [0.25, 0.3) is 0 Å². The molecule has 0 unspecified atom stereocenters. The monoisotopic (exact) mass is 684 g/mol. The van der Waals surface area contributed by atoms with Gasteiger partial charge in [0, 0.05) is 28.9 Å². The number of carbonyl (C=O) groups is 2. The lowest BCUT2D eigenvalue weighted by Gasteiger charge is -2.49. The molecule has 1 saturated carbocycles. The van der Waals surface area contributed by atoms with Crippen molar-refractivity contribution in [2.24, 2.45) is 17.8 Å². The number of esters is 2. The molecule has 2 aliphatic carbocycles. The van der Waals surface area contributed by atoms with Crippen LogP contribution < -0.4 is 18.9 Å². The molecule has 272 valence electrons. The second-order valence-corrected chi connectivity index (χ2v) is 16.9. The minimum absolute atomic E-state index is 0.0311. The van der Waals surface area contributed by atoms with Gasteiger partial charge in [-0.3, -0.25) is 0 Å². The van der Waals surface area contributed by atoms with E-state index in [-0.39, 0.29) is 29.0 Å². The normalized spacial score (nSPS) is 25.8. The Kier molecular flexibility index (Phi) is 10.8. The summed E-state index contributed by atoms with van der Waals surface area (Å²) in [5.41, 5.74) is 4.51. The first kappa shape index (κ1) is 36.5. The van der Waals surface area contributed by atoms with E-state index in [0.29, 0.717) is 23.3 Å². The standard InChI is InChI=1S/C44H60O6/c1-9-11-13-15-29-23-35(39-31-21-27(3)17-19-33(31)43(5,6)49-37(39)25-29)47-41(45)42(46)48-36-24-30(16-14-12-10-2)26-38-40(36)32-22-28(4)18-20-34(32)44(7,8)50-38/h21,23-26,28,31-34H,9-20,22H2,1-8H3/t28-,31+,32+,33+,34+/m0/s1. The van der Waals surface area contributed by atoms with Crippen molar-refractivity contribution in [1.82, 2.24) is 0 Å².